The van der Waals surface area contributed by atoms with E-state index in [1.807, 2.05) is 6.07 Å². The van der Waals surface area contributed by atoms with Gasteiger partial charge in [-0.25, -0.2) is 0 Å². The fourth-order valence-electron chi connectivity index (χ4n) is 2.82. The van der Waals surface area contributed by atoms with Crippen molar-refractivity contribution in [1.29, 1.82) is 0 Å². The summed E-state index contributed by atoms with van der Waals surface area (Å²) in [6, 6.07) is 5.30. The zero-order chi connectivity index (χ0) is 13.8. The predicted molar refractivity (Wildman–Crippen MR) is 79.1 cm³/mol. The SMILES string of the molecule is CN(C)CC1CCN(Cc2cc(N)ccc2O)CC1. The zero-order valence-corrected chi connectivity index (χ0v) is 12.0. The number of anilines is 1. The average Bonchev–Trinajstić information content (AvgIpc) is 2.35. The van der Waals surface area contributed by atoms with E-state index in [1.165, 1.54) is 19.4 Å². The zero-order valence-electron chi connectivity index (χ0n) is 12.0. The number of hydrogen-bond acceptors (Lipinski definition) is 4. The van der Waals surface area contributed by atoms with Crippen LogP contribution in [0.2, 0.25) is 0 Å². The topological polar surface area (TPSA) is 52.7 Å². The average molecular weight is 263 g/mol. The minimum Gasteiger partial charge on any atom is -0.508 e. The minimum atomic E-state index is 0.351. The lowest BCUT2D eigenvalue weighted by Gasteiger charge is -2.33. The second-order valence-corrected chi connectivity index (χ2v) is 5.87. The fraction of sp³-hybridized carbons (Fsp3) is 0.600. The van der Waals surface area contributed by atoms with E-state index in [0.29, 0.717) is 5.75 Å². The quantitative estimate of drug-likeness (QED) is 0.642. The molecule has 19 heavy (non-hydrogen) atoms. The number of phenols is 1. The van der Waals surface area contributed by atoms with E-state index in [4.69, 9.17) is 5.73 Å². The van der Waals surface area contributed by atoms with Crippen molar-refractivity contribution in [2.75, 3.05) is 39.5 Å². The van der Waals surface area contributed by atoms with Gasteiger partial charge in [0.25, 0.3) is 0 Å². The van der Waals surface area contributed by atoms with Crippen molar-refractivity contribution in [1.82, 2.24) is 9.80 Å². The molecule has 0 amide bonds. The molecule has 1 heterocycles. The van der Waals surface area contributed by atoms with Crippen LogP contribution in [-0.4, -0.2) is 48.6 Å². The molecule has 0 aromatic heterocycles. The molecule has 3 N–H and O–H groups in total. The van der Waals surface area contributed by atoms with E-state index in [0.717, 1.165) is 36.8 Å². The molecular weight excluding hydrogens is 238 g/mol. The van der Waals surface area contributed by atoms with Crippen LogP contribution in [0.5, 0.6) is 5.75 Å². The Kier molecular flexibility index (Phi) is 4.66. The number of nitrogens with zero attached hydrogens (tertiary/aromatic N) is 2. The first kappa shape index (κ1) is 14.2. The lowest BCUT2D eigenvalue weighted by molar-refractivity contribution is 0.156. The van der Waals surface area contributed by atoms with Crippen LogP contribution in [0.3, 0.4) is 0 Å². The smallest absolute Gasteiger partial charge is 0.120 e. The molecule has 4 heteroatoms. The van der Waals surface area contributed by atoms with Crippen LogP contribution in [0.15, 0.2) is 18.2 Å². The summed E-state index contributed by atoms with van der Waals surface area (Å²) in [5.74, 6) is 1.16. The van der Waals surface area contributed by atoms with Crippen LogP contribution in [0, 0.1) is 5.92 Å². The van der Waals surface area contributed by atoms with Crippen molar-refractivity contribution in [3.8, 4) is 5.75 Å². The summed E-state index contributed by atoms with van der Waals surface area (Å²) in [5.41, 5.74) is 7.43. The van der Waals surface area contributed by atoms with Crippen LogP contribution >= 0.6 is 0 Å². The molecule has 1 fully saturated rings. The molecule has 1 aromatic carbocycles. The van der Waals surface area contributed by atoms with Crippen molar-refractivity contribution >= 4 is 5.69 Å². The predicted octanol–water partition coefficient (Wildman–Crippen LogP) is 1.75. The van der Waals surface area contributed by atoms with Gasteiger partial charge in [-0.2, -0.15) is 0 Å². The van der Waals surface area contributed by atoms with E-state index >= 15 is 0 Å². The third kappa shape index (κ3) is 4.11. The second-order valence-electron chi connectivity index (χ2n) is 5.87. The first-order chi connectivity index (χ1) is 9.04. The van der Waals surface area contributed by atoms with Gasteiger partial charge in [-0.1, -0.05) is 0 Å². The molecule has 0 unspecified atom stereocenters. The Bertz CT molecular complexity index is 412. The third-order valence-corrected chi connectivity index (χ3v) is 3.83. The Labute approximate surface area is 115 Å². The molecule has 0 radical (unpaired) electrons. The van der Waals surface area contributed by atoms with Crippen molar-refractivity contribution in [3.63, 3.8) is 0 Å². The van der Waals surface area contributed by atoms with Crippen LogP contribution in [0.1, 0.15) is 18.4 Å². The number of piperidine rings is 1. The summed E-state index contributed by atoms with van der Waals surface area (Å²) in [6.45, 7) is 4.18. The number of rotatable bonds is 4. The first-order valence-corrected chi connectivity index (χ1v) is 6.99. The number of hydrogen-bond donors (Lipinski definition) is 2. The Morgan fingerprint density at radius 2 is 2.00 bits per heavy atom. The number of phenolic OH excluding ortho intramolecular Hbond substituents is 1. The molecular formula is C15H25N3O. The molecule has 0 spiro atoms. The van der Waals surface area contributed by atoms with Gasteiger partial charge in [-0.05, 0) is 64.1 Å². The number of nitrogens with two attached hydrogens (primary N) is 1. The molecule has 0 saturated carbocycles. The van der Waals surface area contributed by atoms with Gasteiger partial charge in [-0.15, -0.1) is 0 Å². The Balaban J connectivity index is 1.87. The lowest BCUT2D eigenvalue weighted by atomic mass is 9.96. The van der Waals surface area contributed by atoms with Crippen molar-refractivity contribution < 1.29 is 5.11 Å². The molecule has 0 aliphatic carbocycles. The monoisotopic (exact) mass is 263 g/mol. The molecule has 4 nitrogen and oxygen atoms in total. The van der Waals surface area contributed by atoms with Gasteiger partial charge in [0.2, 0.25) is 0 Å². The highest BCUT2D eigenvalue weighted by Crippen LogP contribution is 2.24. The summed E-state index contributed by atoms with van der Waals surface area (Å²) in [4.78, 5) is 4.67. The Hall–Kier alpha value is -1.26. The van der Waals surface area contributed by atoms with Gasteiger partial charge >= 0.3 is 0 Å². The largest absolute Gasteiger partial charge is 0.508 e. The van der Waals surface area contributed by atoms with Crippen molar-refractivity contribution in [2.45, 2.75) is 19.4 Å². The maximum absolute atomic E-state index is 9.85. The van der Waals surface area contributed by atoms with Crippen LogP contribution in [-0.2, 0) is 6.54 Å². The molecule has 0 atom stereocenters. The number of benzene rings is 1. The summed E-state index contributed by atoms with van der Waals surface area (Å²) in [5, 5.41) is 9.85. The van der Waals surface area contributed by atoms with Crippen LogP contribution in [0.4, 0.5) is 5.69 Å². The Morgan fingerprint density at radius 1 is 1.32 bits per heavy atom. The fourth-order valence-corrected chi connectivity index (χ4v) is 2.82. The first-order valence-electron chi connectivity index (χ1n) is 6.99. The van der Waals surface area contributed by atoms with Gasteiger partial charge in [0, 0.05) is 24.3 Å². The highest BCUT2D eigenvalue weighted by atomic mass is 16.3. The third-order valence-electron chi connectivity index (χ3n) is 3.83. The maximum Gasteiger partial charge on any atom is 0.120 e. The summed E-state index contributed by atoms with van der Waals surface area (Å²) in [7, 11) is 4.27. The van der Waals surface area contributed by atoms with E-state index in [9.17, 15) is 5.11 Å². The minimum absolute atomic E-state index is 0.351. The molecule has 106 valence electrons. The summed E-state index contributed by atoms with van der Waals surface area (Å²) < 4.78 is 0. The number of nitrogen functional groups attached to an aromatic ring is 1. The molecule has 1 saturated heterocycles. The van der Waals surface area contributed by atoms with E-state index in [2.05, 4.69) is 23.9 Å². The van der Waals surface area contributed by atoms with E-state index in [1.54, 1.807) is 12.1 Å². The Morgan fingerprint density at radius 3 is 2.63 bits per heavy atom. The van der Waals surface area contributed by atoms with Gasteiger partial charge in [0.15, 0.2) is 0 Å². The number of likely N-dealkylation sites (tertiary alicyclic amines) is 1. The molecule has 1 aromatic rings. The van der Waals surface area contributed by atoms with Gasteiger partial charge < -0.3 is 15.7 Å². The molecule has 0 bridgehead atoms. The summed E-state index contributed by atoms with van der Waals surface area (Å²) >= 11 is 0. The normalized spacial score (nSPS) is 18.1. The van der Waals surface area contributed by atoms with Gasteiger partial charge in [0.05, 0.1) is 0 Å². The van der Waals surface area contributed by atoms with E-state index < -0.39 is 0 Å². The molecule has 1 aliphatic heterocycles. The highest BCUT2D eigenvalue weighted by molar-refractivity contribution is 5.47. The molecule has 1 aliphatic rings. The van der Waals surface area contributed by atoms with Crippen LogP contribution < -0.4 is 5.73 Å². The number of aromatic hydroxyl groups is 1. The van der Waals surface area contributed by atoms with Gasteiger partial charge in [-0.3, -0.25) is 4.90 Å². The maximum atomic E-state index is 9.85. The van der Waals surface area contributed by atoms with Crippen molar-refractivity contribution in [3.05, 3.63) is 23.8 Å². The summed E-state index contributed by atoms with van der Waals surface area (Å²) in [6.07, 6.45) is 2.47. The lowest BCUT2D eigenvalue weighted by Crippen LogP contribution is -2.36. The van der Waals surface area contributed by atoms with E-state index in [-0.39, 0.29) is 0 Å². The van der Waals surface area contributed by atoms with Crippen LogP contribution in [0.25, 0.3) is 0 Å². The van der Waals surface area contributed by atoms with Gasteiger partial charge in [0.1, 0.15) is 5.75 Å². The van der Waals surface area contributed by atoms with Crippen molar-refractivity contribution in [2.24, 2.45) is 5.92 Å². The standard InChI is InChI=1S/C15H25N3O/c1-17(2)10-12-5-7-18(8-6-12)11-13-9-14(16)3-4-15(13)19/h3-4,9,12,19H,5-8,10-11,16H2,1-2H3. The molecule has 2 rings (SSSR count). The highest BCUT2D eigenvalue weighted by Gasteiger charge is 2.20. The second kappa shape index (κ2) is 6.26.